The van der Waals surface area contributed by atoms with Gasteiger partial charge in [-0.1, -0.05) is 24.3 Å². The molecule has 0 atom stereocenters. The smallest absolute Gasteiger partial charge is 0.325 e. The van der Waals surface area contributed by atoms with Gasteiger partial charge in [0.25, 0.3) is 0 Å². The predicted octanol–water partition coefficient (Wildman–Crippen LogP) is 2.78. The van der Waals surface area contributed by atoms with Crippen molar-refractivity contribution in [2.45, 2.75) is 0 Å². The van der Waals surface area contributed by atoms with E-state index in [1.54, 1.807) is 18.3 Å². The molecule has 0 bridgehead atoms. The van der Waals surface area contributed by atoms with Gasteiger partial charge in [0, 0.05) is 28.7 Å². The number of nitrogens with one attached hydrogen (secondary N) is 2. The number of H-pyrrole nitrogens is 2. The fourth-order valence-corrected chi connectivity index (χ4v) is 2.50. The first kappa shape index (κ1) is 12.5. The van der Waals surface area contributed by atoms with Crippen LogP contribution in [0.5, 0.6) is 11.5 Å². The van der Waals surface area contributed by atoms with Crippen LogP contribution >= 0.6 is 0 Å². The molecule has 0 aliphatic heterocycles. The van der Waals surface area contributed by atoms with Crippen LogP contribution in [-0.2, 0) is 0 Å². The van der Waals surface area contributed by atoms with Gasteiger partial charge in [0.2, 0.25) is 0 Å². The highest BCUT2D eigenvalue weighted by molar-refractivity contribution is 5.97. The van der Waals surface area contributed by atoms with E-state index in [0.717, 1.165) is 10.8 Å². The molecule has 0 saturated heterocycles. The summed E-state index contributed by atoms with van der Waals surface area (Å²) >= 11 is 0. The Kier molecular flexibility index (Phi) is 2.62. The van der Waals surface area contributed by atoms with Crippen molar-refractivity contribution in [1.29, 1.82) is 0 Å². The van der Waals surface area contributed by atoms with Crippen LogP contribution in [0.1, 0.15) is 0 Å². The van der Waals surface area contributed by atoms with Gasteiger partial charge in [0.05, 0.1) is 0 Å². The second kappa shape index (κ2) is 4.63. The average Bonchev–Trinajstić information content (AvgIpc) is 2.92. The minimum Gasteiger partial charge on any atom is -0.454 e. The van der Waals surface area contributed by atoms with Crippen LogP contribution < -0.4 is 16.2 Å². The van der Waals surface area contributed by atoms with Gasteiger partial charge >= 0.3 is 5.69 Å². The van der Waals surface area contributed by atoms with Crippen LogP contribution in [0.15, 0.2) is 53.5 Å². The van der Waals surface area contributed by atoms with Crippen molar-refractivity contribution in [2.24, 2.45) is 0 Å². The Morgan fingerprint density at radius 3 is 2.64 bits per heavy atom. The van der Waals surface area contributed by atoms with E-state index in [2.05, 4.69) is 15.0 Å². The summed E-state index contributed by atoms with van der Waals surface area (Å²) in [6.45, 7) is 0. The van der Waals surface area contributed by atoms with E-state index >= 15 is 0 Å². The van der Waals surface area contributed by atoms with Gasteiger partial charge in [0.1, 0.15) is 11.3 Å². The number of hydrogen-bond acceptors (Lipinski definition) is 4. The number of aromatic nitrogens is 3. The number of nitrogens with two attached hydrogens (primary N) is 1. The van der Waals surface area contributed by atoms with Gasteiger partial charge in [0.15, 0.2) is 11.4 Å². The molecule has 0 amide bonds. The molecule has 2 aromatic heterocycles. The largest absolute Gasteiger partial charge is 0.454 e. The zero-order chi connectivity index (χ0) is 15.1. The normalized spacial score (nSPS) is 11.1. The molecular weight excluding hydrogens is 280 g/mol. The van der Waals surface area contributed by atoms with E-state index in [4.69, 9.17) is 10.5 Å². The summed E-state index contributed by atoms with van der Waals surface area (Å²) in [6.07, 6.45) is 1.58. The molecule has 4 rings (SSSR count). The lowest BCUT2D eigenvalue weighted by Gasteiger charge is -2.10. The third kappa shape index (κ3) is 1.89. The lowest BCUT2D eigenvalue weighted by atomic mass is 10.1. The second-order valence-electron chi connectivity index (χ2n) is 4.91. The summed E-state index contributed by atoms with van der Waals surface area (Å²) in [5.74, 6) is 1.19. The van der Waals surface area contributed by atoms with Crippen molar-refractivity contribution < 1.29 is 4.74 Å². The number of fused-ring (bicyclic) bond motifs is 2. The second-order valence-corrected chi connectivity index (χ2v) is 4.91. The Hall–Kier alpha value is -3.28. The number of rotatable bonds is 2. The van der Waals surface area contributed by atoms with Gasteiger partial charge in [-0.15, -0.1) is 0 Å². The minimum absolute atomic E-state index is 0.319. The highest BCUT2D eigenvalue weighted by atomic mass is 16.5. The first-order chi connectivity index (χ1) is 10.7. The van der Waals surface area contributed by atoms with E-state index in [1.165, 1.54) is 0 Å². The predicted molar refractivity (Wildman–Crippen MR) is 85.1 cm³/mol. The summed E-state index contributed by atoms with van der Waals surface area (Å²) in [7, 11) is 0. The van der Waals surface area contributed by atoms with Gasteiger partial charge < -0.3 is 15.5 Å². The van der Waals surface area contributed by atoms with Crippen LogP contribution in [0.3, 0.4) is 0 Å². The molecule has 6 heteroatoms. The number of imidazole rings is 1. The molecule has 6 nitrogen and oxygen atoms in total. The van der Waals surface area contributed by atoms with Gasteiger partial charge in [-0.2, -0.15) is 0 Å². The van der Waals surface area contributed by atoms with Crippen molar-refractivity contribution >= 4 is 27.6 Å². The van der Waals surface area contributed by atoms with Crippen molar-refractivity contribution in [1.82, 2.24) is 15.0 Å². The third-order valence-electron chi connectivity index (χ3n) is 3.52. The Morgan fingerprint density at radius 1 is 0.955 bits per heavy atom. The molecule has 22 heavy (non-hydrogen) atoms. The van der Waals surface area contributed by atoms with Crippen LogP contribution in [0.25, 0.3) is 21.9 Å². The molecule has 0 fully saturated rings. The fourth-order valence-electron chi connectivity index (χ4n) is 2.50. The van der Waals surface area contributed by atoms with E-state index in [9.17, 15) is 4.79 Å². The lowest BCUT2D eigenvalue weighted by molar-refractivity contribution is 0.492. The Balaban J connectivity index is 1.90. The maximum atomic E-state index is 11.4. The van der Waals surface area contributed by atoms with Crippen molar-refractivity contribution in [3.8, 4) is 11.5 Å². The number of hydrogen-bond donors (Lipinski definition) is 3. The Bertz CT molecular complexity index is 1050. The van der Waals surface area contributed by atoms with E-state index in [0.29, 0.717) is 28.4 Å². The van der Waals surface area contributed by atoms with E-state index in [1.807, 2.05) is 30.3 Å². The number of pyridine rings is 1. The molecule has 2 heterocycles. The number of nitrogens with zero attached hydrogens (tertiary/aromatic N) is 1. The molecule has 2 aromatic carbocycles. The molecule has 0 radical (unpaired) electrons. The van der Waals surface area contributed by atoms with E-state index < -0.39 is 0 Å². The topological polar surface area (TPSA) is 96.8 Å². The summed E-state index contributed by atoms with van der Waals surface area (Å²) in [5.41, 5.74) is 7.36. The van der Waals surface area contributed by atoms with Crippen molar-refractivity contribution in [2.75, 3.05) is 5.73 Å². The molecule has 4 aromatic rings. The molecule has 0 unspecified atom stereocenters. The zero-order valence-electron chi connectivity index (χ0n) is 11.5. The van der Waals surface area contributed by atoms with Gasteiger partial charge in [-0.05, 0) is 12.1 Å². The number of aromatic amines is 2. The maximum absolute atomic E-state index is 11.4. The molecule has 108 valence electrons. The molecule has 4 N–H and O–H groups in total. The molecule has 0 saturated carbocycles. The first-order valence-corrected chi connectivity index (χ1v) is 6.74. The highest BCUT2D eigenvalue weighted by Gasteiger charge is 2.10. The first-order valence-electron chi connectivity index (χ1n) is 6.74. The molecular formula is C16H12N4O2. The summed E-state index contributed by atoms with van der Waals surface area (Å²) in [6, 6.07) is 13.1. The lowest BCUT2D eigenvalue weighted by Crippen LogP contribution is -1.99. The van der Waals surface area contributed by atoms with E-state index in [-0.39, 0.29) is 5.69 Å². The van der Waals surface area contributed by atoms with Crippen molar-refractivity contribution in [3.05, 3.63) is 59.1 Å². The summed E-state index contributed by atoms with van der Waals surface area (Å²) in [4.78, 5) is 20.8. The van der Waals surface area contributed by atoms with Crippen LogP contribution in [0.2, 0.25) is 0 Å². The molecule has 0 aliphatic rings. The zero-order valence-corrected chi connectivity index (χ0v) is 11.5. The SMILES string of the molecule is Nc1ccc(Oc2ccnc3[nH]c(=O)[nH]c23)c2ccccc12. The van der Waals surface area contributed by atoms with Crippen LogP contribution in [0.4, 0.5) is 5.69 Å². The highest BCUT2D eigenvalue weighted by Crippen LogP contribution is 2.34. The van der Waals surface area contributed by atoms with Crippen LogP contribution in [0, 0.1) is 0 Å². The number of nitrogen functional groups attached to an aromatic ring is 1. The standard InChI is InChI=1S/C16H12N4O2/c17-11-5-6-12(10-4-2-1-3-9(10)11)22-13-7-8-18-15-14(13)19-16(21)20-15/h1-8H,17H2,(H2,18,19,20,21). The maximum Gasteiger partial charge on any atom is 0.325 e. The average molecular weight is 292 g/mol. The summed E-state index contributed by atoms with van der Waals surface area (Å²) in [5, 5.41) is 1.83. The van der Waals surface area contributed by atoms with Gasteiger partial charge in [-0.3, -0.25) is 4.98 Å². The Labute approximate surface area is 124 Å². The monoisotopic (exact) mass is 292 g/mol. The Morgan fingerprint density at radius 2 is 1.77 bits per heavy atom. The number of benzene rings is 2. The van der Waals surface area contributed by atoms with Crippen LogP contribution in [-0.4, -0.2) is 15.0 Å². The summed E-state index contributed by atoms with van der Waals surface area (Å²) < 4.78 is 5.99. The quantitative estimate of drug-likeness (QED) is 0.495. The van der Waals surface area contributed by atoms with Crippen molar-refractivity contribution in [3.63, 3.8) is 0 Å². The molecule has 0 spiro atoms. The molecule has 0 aliphatic carbocycles. The minimum atomic E-state index is -0.319. The number of ether oxygens (including phenoxy) is 1. The number of anilines is 1. The fraction of sp³-hybridized carbons (Fsp3) is 0. The third-order valence-corrected chi connectivity index (χ3v) is 3.52. The van der Waals surface area contributed by atoms with Gasteiger partial charge in [-0.25, -0.2) is 9.78 Å².